The van der Waals surface area contributed by atoms with Crippen molar-refractivity contribution >= 4 is 18.6 Å². The summed E-state index contributed by atoms with van der Waals surface area (Å²) < 4.78 is 57.6. The van der Waals surface area contributed by atoms with Gasteiger partial charge < -0.3 is 5.11 Å². The lowest BCUT2D eigenvalue weighted by atomic mass is 10.0. The zero-order valence-corrected chi connectivity index (χ0v) is 10.7. The second kappa shape index (κ2) is 6.96. The molecule has 5 nitrogen and oxygen atoms in total. The van der Waals surface area contributed by atoms with Crippen LogP contribution in [-0.4, -0.2) is 34.9 Å². The van der Waals surface area contributed by atoms with Gasteiger partial charge in [-0.2, -0.15) is 18.3 Å². The number of carboxylic acids is 1. The van der Waals surface area contributed by atoms with Gasteiger partial charge in [-0.15, -0.1) is 0 Å². The van der Waals surface area contributed by atoms with Gasteiger partial charge in [0.1, 0.15) is 11.6 Å². The molecule has 0 aliphatic carbocycles. The van der Waals surface area contributed by atoms with Crippen LogP contribution in [0.15, 0.2) is 23.3 Å². The van der Waals surface area contributed by atoms with Crippen LogP contribution in [0.4, 0.5) is 22.0 Å². The van der Waals surface area contributed by atoms with Gasteiger partial charge in [-0.05, 0) is 17.7 Å². The average Bonchev–Trinajstić information content (AvgIpc) is 2.85. The van der Waals surface area contributed by atoms with Gasteiger partial charge in [0.2, 0.25) is 6.41 Å². The molecule has 1 amide bonds. The highest BCUT2D eigenvalue weighted by molar-refractivity contribution is 5.73. The maximum atomic E-state index is 12.9. The maximum Gasteiger partial charge on any atom is 0.490 e. The lowest BCUT2D eigenvalue weighted by Crippen LogP contribution is -2.21. The van der Waals surface area contributed by atoms with Crippen LogP contribution in [0.25, 0.3) is 0 Å². The van der Waals surface area contributed by atoms with Crippen molar-refractivity contribution in [3.63, 3.8) is 0 Å². The van der Waals surface area contributed by atoms with Crippen molar-refractivity contribution in [2.24, 2.45) is 5.10 Å². The number of hydrogen-bond acceptors (Lipinski definition) is 3. The largest absolute Gasteiger partial charge is 0.490 e. The first-order chi connectivity index (χ1) is 10.1. The Kier molecular flexibility index (Phi) is 5.55. The Balaban J connectivity index is 0.000000295. The number of nitrogens with zero attached hydrogens (tertiary/aromatic N) is 2. The van der Waals surface area contributed by atoms with Gasteiger partial charge in [0.15, 0.2) is 0 Å². The number of hydrazone groups is 1. The first-order valence-corrected chi connectivity index (χ1v) is 5.67. The van der Waals surface area contributed by atoms with E-state index in [4.69, 9.17) is 9.90 Å². The van der Waals surface area contributed by atoms with Crippen molar-refractivity contribution in [1.82, 2.24) is 5.01 Å². The second-order valence-corrected chi connectivity index (χ2v) is 4.04. The zero-order valence-electron chi connectivity index (χ0n) is 10.7. The molecule has 0 radical (unpaired) electrons. The summed E-state index contributed by atoms with van der Waals surface area (Å²) >= 11 is 0. The van der Waals surface area contributed by atoms with Crippen molar-refractivity contribution in [1.29, 1.82) is 0 Å². The summed E-state index contributed by atoms with van der Waals surface area (Å²) in [5, 5.41) is 12.0. The van der Waals surface area contributed by atoms with Crippen molar-refractivity contribution < 1.29 is 36.6 Å². The molecule has 1 N–H and O–H groups in total. The summed E-state index contributed by atoms with van der Waals surface area (Å²) in [5.74, 6) is -4.06. The van der Waals surface area contributed by atoms with Gasteiger partial charge >= 0.3 is 12.1 Å². The number of carbonyl (C=O) groups is 2. The summed E-state index contributed by atoms with van der Waals surface area (Å²) in [6.07, 6.45) is -2.53. The molecule has 10 heteroatoms. The molecular formula is C12H9F5N2O3. The lowest BCUT2D eigenvalue weighted by Gasteiger charge is -2.17. The Morgan fingerprint density at radius 3 is 2.18 bits per heavy atom. The Labute approximate surface area is 120 Å². The van der Waals surface area contributed by atoms with Crippen molar-refractivity contribution in [3.05, 3.63) is 35.4 Å². The molecule has 0 fully saturated rings. The van der Waals surface area contributed by atoms with Crippen molar-refractivity contribution in [2.75, 3.05) is 0 Å². The number of carbonyl (C=O) groups excluding carboxylic acids is 1. The fourth-order valence-electron chi connectivity index (χ4n) is 1.59. The van der Waals surface area contributed by atoms with E-state index < -0.39 is 29.8 Å². The zero-order chi connectivity index (χ0) is 16.9. The Bertz CT molecular complexity index is 568. The molecule has 0 spiro atoms. The molecular weight excluding hydrogens is 315 g/mol. The van der Waals surface area contributed by atoms with Gasteiger partial charge in [-0.25, -0.2) is 18.6 Å². The number of carboxylic acid groups (broad SMARTS) is 1. The number of alkyl halides is 3. The molecule has 1 unspecified atom stereocenters. The molecule has 2 rings (SSSR count). The molecule has 0 saturated heterocycles. The van der Waals surface area contributed by atoms with E-state index in [0.29, 0.717) is 18.4 Å². The van der Waals surface area contributed by atoms with Crippen LogP contribution in [0, 0.1) is 11.6 Å². The van der Waals surface area contributed by atoms with Gasteiger partial charge in [-0.1, -0.05) is 0 Å². The SMILES string of the molecule is O=C(O)C(F)(F)F.O=CN1N=CCC1c1cc(F)cc(F)c1. The lowest BCUT2D eigenvalue weighted by molar-refractivity contribution is -0.192. The van der Waals surface area contributed by atoms with Gasteiger partial charge in [0, 0.05) is 18.7 Å². The van der Waals surface area contributed by atoms with E-state index in [9.17, 15) is 26.7 Å². The second-order valence-electron chi connectivity index (χ2n) is 4.04. The number of benzene rings is 1. The van der Waals surface area contributed by atoms with E-state index in [1.165, 1.54) is 12.1 Å². The van der Waals surface area contributed by atoms with Crippen LogP contribution in [0.2, 0.25) is 0 Å². The predicted octanol–water partition coefficient (Wildman–Crippen LogP) is 2.49. The Morgan fingerprint density at radius 1 is 1.27 bits per heavy atom. The average molecular weight is 324 g/mol. The first-order valence-electron chi connectivity index (χ1n) is 5.67. The monoisotopic (exact) mass is 324 g/mol. The summed E-state index contributed by atoms with van der Waals surface area (Å²) in [6.45, 7) is 0. The minimum Gasteiger partial charge on any atom is -0.475 e. The van der Waals surface area contributed by atoms with E-state index in [0.717, 1.165) is 11.1 Å². The molecule has 1 aliphatic heterocycles. The standard InChI is InChI=1S/C10H8F2N2O.C2HF3O2/c11-8-3-7(4-9(12)5-8)10-1-2-13-14(10)6-15;3-2(4,5)1(6)7/h2-6,10H,1H2;(H,6,7). The number of amides is 1. The quantitative estimate of drug-likeness (QED) is 0.671. The highest BCUT2D eigenvalue weighted by Gasteiger charge is 2.38. The molecule has 1 atom stereocenters. The summed E-state index contributed by atoms with van der Waals surface area (Å²) in [6, 6.07) is 2.82. The molecule has 1 aromatic rings. The maximum absolute atomic E-state index is 12.9. The molecule has 1 aliphatic rings. The molecule has 1 heterocycles. The first kappa shape index (κ1) is 17.5. The van der Waals surface area contributed by atoms with Crippen LogP contribution < -0.4 is 0 Å². The summed E-state index contributed by atoms with van der Waals surface area (Å²) in [4.78, 5) is 19.5. The van der Waals surface area contributed by atoms with Gasteiger partial charge in [0.25, 0.3) is 0 Å². The number of aliphatic carboxylic acids is 1. The molecule has 0 bridgehead atoms. The fraction of sp³-hybridized carbons (Fsp3) is 0.250. The molecule has 1 aromatic carbocycles. The van der Waals surface area contributed by atoms with Crippen LogP contribution in [0.5, 0.6) is 0 Å². The number of halogens is 5. The van der Waals surface area contributed by atoms with Crippen LogP contribution in [0.3, 0.4) is 0 Å². The van der Waals surface area contributed by atoms with E-state index >= 15 is 0 Å². The van der Waals surface area contributed by atoms with E-state index in [-0.39, 0.29) is 0 Å². The van der Waals surface area contributed by atoms with Crippen molar-refractivity contribution in [3.8, 4) is 0 Å². The number of rotatable bonds is 2. The third kappa shape index (κ3) is 4.79. The third-order valence-electron chi connectivity index (χ3n) is 2.48. The van der Waals surface area contributed by atoms with Crippen molar-refractivity contribution in [2.45, 2.75) is 18.6 Å². The smallest absolute Gasteiger partial charge is 0.475 e. The highest BCUT2D eigenvalue weighted by Crippen LogP contribution is 2.27. The molecule has 0 saturated carbocycles. The topological polar surface area (TPSA) is 70.0 Å². The normalized spacial score (nSPS) is 17.0. The van der Waals surface area contributed by atoms with Gasteiger partial charge in [0.05, 0.1) is 6.04 Å². The molecule has 120 valence electrons. The van der Waals surface area contributed by atoms with Crippen LogP contribution in [-0.2, 0) is 9.59 Å². The van der Waals surface area contributed by atoms with Crippen LogP contribution >= 0.6 is 0 Å². The predicted molar refractivity (Wildman–Crippen MR) is 63.8 cm³/mol. The van der Waals surface area contributed by atoms with Crippen LogP contribution in [0.1, 0.15) is 18.0 Å². The Hall–Kier alpha value is -2.52. The summed E-state index contributed by atoms with van der Waals surface area (Å²) in [5.41, 5.74) is 0.414. The molecule has 22 heavy (non-hydrogen) atoms. The van der Waals surface area contributed by atoms with Gasteiger partial charge in [-0.3, -0.25) is 4.79 Å². The third-order valence-corrected chi connectivity index (χ3v) is 2.48. The van der Waals surface area contributed by atoms with E-state index in [2.05, 4.69) is 5.10 Å². The highest BCUT2D eigenvalue weighted by atomic mass is 19.4. The molecule has 0 aromatic heterocycles. The fourth-order valence-corrected chi connectivity index (χ4v) is 1.59. The van der Waals surface area contributed by atoms with E-state index in [1.54, 1.807) is 6.21 Å². The minimum atomic E-state index is -5.08. The summed E-state index contributed by atoms with van der Waals surface area (Å²) in [7, 11) is 0. The minimum absolute atomic E-state index is 0.396. The Morgan fingerprint density at radius 2 is 1.77 bits per heavy atom. The number of hydrogen-bond donors (Lipinski definition) is 1. The van der Waals surface area contributed by atoms with E-state index in [1.807, 2.05) is 0 Å².